The molecular weight excluding hydrogens is 172 g/mol. The number of hydrogen-bond acceptors (Lipinski definition) is 1. The second-order valence-electron chi connectivity index (χ2n) is 3.03. The Labute approximate surface area is 76.8 Å². The van der Waals surface area contributed by atoms with Gasteiger partial charge < -0.3 is 5.32 Å². The fourth-order valence-electron chi connectivity index (χ4n) is 1.12. The van der Waals surface area contributed by atoms with Crippen molar-refractivity contribution >= 4 is 5.69 Å². The van der Waals surface area contributed by atoms with Crippen molar-refractivity contribution in [3.63, 3.8) is 0 Å². The molecule has 1 nitrogen and oxygen atoms in total. The second kappa shape index (κ2) is 4.21. The second-order valence-corrected chi connectivity index (χ2v) is 3.03. The van der Waals surface area contributed by atoms with Gasteiger partial charge in [-0.15, -0.1) is 0 Å². The summed E-state index contributed by atoms with van der Waals surface area (Å²) in [7, 11) is 0. The average molecular weight is 185 g/mol. The highest BCUT2D eigenvalue weighted by molar-refractivity contribution is 5.47. The summed E-state index contributed by atoms with van der Waals surface area (Å²) in [6.45, 7) is 4.18. The number of benzene rings is 1. The third-order valence-corrected chi connectivity index (χ3v) is 1.74. The van der Waals surface area contributed by atoms with Gasteiger partial charge in [0.15, 0.2) is 0 Å². The van der Waals surface area contributed by atoms with E-state index in [9.17, 15) is 8.78 Å². The van der Waals surface area contributed by atoms with E-state index in [4.69, 9.17) is 0 Å². The molecule has 0 saturated heterocycles. The minimum Gasteiger partial charge on any atom is -0.380 e. The molecule has 0 saturated carbocycles. The van der Waals surface area contributed by atoms with Crippen LogP contribution < -0.4 is 5.32 Å². The number of halogens is 2. The highest BCUT2D eigenvalue weighted by atomic mass is 19.1. The molecule has 0 spiro atoms. The number of hydrogen-bond donors (Lipinski definition) is 1. The van der Waals surface area contributed by atoms with E-state index in [1.807, 2.05) is 6.92 Å². The maximum absolute atomic E-state index is 13.1. The van der Waals surface area contributed by atoms with Crippen molar-refractivity contribution in [3.05, 3.63) is 29.3 Å². The molecule has 0 unspecified atom stereocenters. The van der Waals surface area contributed by atoms with Crippen LogP contribution >= 0.6 is 0 Å². The van der Waals surface area contributed by atoms with E-state index in [1.165, 1.54) is 12.1 Å². The summed E-state index contributed by atoms with van der Waals surface area (Å²) >= 11 is 0. The van der Waals surface area contributed by atoms with E-state index in [2.05, 4.69) is 5.32 Å². The van der Waals surface area contributed by atoms with E-state index in [1.54, 1.807) is 6.92 Å². The average Bonchev–Trinajstić information content (AvgIpc) is 2.02. The van der Waals surface area contributed by atoms with Crippen molar-refractivity contribution in [2.24, 2.45) is 0 Å². The van der Waals surface area contributed by atoms with Crippen LogP contribution in [-0.2, 0) is 0 Å². The monoisotopic (exact) mass is 185 g/mol. The van der Waals surface area contributed by atoms with E-state index in [-0.39, 0.29) is 5.69 Å². The lowest BCUT2D eigenvalue weighted by molar-refractivity contribution is 0.586. The molecule has 0 bridgehead atoms. The van der Waals surface area contributed by atoms with Gasteiger partial charge in [0.05, 0.1) is 0 Å². The molecule has 0 aliphatic carbocycles. The molecule has 0 amide bonds. The SMILES string of the molecule is CCCNc1c(F)cc(C)cc1F. The largest absolute Gasteiger partial charge is 0.380 e. The van der Waals surface area contributed by atoms with Crippen molar-refractivity contribution in [1.82, 2.24) is 0 Å². The molecule has 3 heteroatoms. The molecule has 0 aliphatic rings. The van der Waals surface area contributed by atoms with Gasteiger partial charge >= 0.3 is 0 Å². The topological polar surface area (TPSA) is 12.0 Å². The summed E-state index contributed by atoms with van der Waals surface area (Å²) in [6, 6.07) is 2.64. The maximum atomic E-state index is 13.1. The van der Waals surface area contributed by atoms with Crippen LogP contribution in [0.15, 0.2) is 12.1 Å². The number of anilines is 1. The summed E-state index contributed by atoms with van der Waals surface area (Å²) < 4.78 is 26.3. The first-order valence-electron chi connectivity index (χ1n) is 4.34. The molecule has 13 heavy (non-hydrogen) atoms. The number of nitrogens with one attached hydrogen (secondary N) is 1. The third kappa shape index (κ3) is 2.41. The first kappa shape index (κ1) is 9.96. The Hall–Kier alpha value is -1.12. The van der Waals surface area contributed by atoms with Crippen molar-refractivity contribution in [2.45, 2.75) is 20.3 Å². The Morgan fingerprint density at radius 1 is 1.23 bits per heavy atom. The van der Waals surface area contributed by atoms with Crippen molar-refractivity contribution in [2.75, 3.05) is 11.9 Å². The van der Waals surface area contributed by atoms with E-state index >= 15 is 0 Å². The van der Waals surface area contributed by atoms with Crippen LogP contribution in [-0.4, -0.2) is 6.54 Å². The first-order chi connectivity index (χ1) is 6.15. The molecule has 0 radical (unpaired) electrons. The van der Waals surface area contributed by atoms with Crippen LogP contribution in [0.5, 0.6) is 0 Å². The molecule has 0 fully saturated rings. The predicted molar refractivity (Wildman–Crippen MR) is 49.9 cm³/mol. The van der Waals surface area contributed by atoms with Gasteiger partial charge in [-0.25, -0.2) is 8.78 Å². The Morgan fingerprint density at radius 2 is 1.77 bits per heavy atom. The Bertz CT molecular complexity index is 274. The summed E-state index contributed by atoms with van der Waals surface area (Å²) in [6.07, 6.45) is 0.840. The zero-order chi connectivity index (χ0) is 9.84. The Balaban J connectivity index is 2.92. The number of aryl methyl sites for hydroxylation is 1. The van der Waals surface area contributed by atoms with Gasteiger partial charge in [-0.3, -0.25) is 0 Å². The maximum Gasteiger partial charge on any atom is 0.149 e. The molecule has 1 aromatic carbocycles. The van der Waals surface area contributed by atoms with Gasteiger partial charge in [0.1, 0.15) is 17.3 Å². The quantitative estimate of drug-likeness (QED) is 0.763. The molecule has 0 atom stereocenters. The van der Waals surface area contributed by atoms with Crippen LogP contribution in [0.2, 0.25) is 0 Å². The zero-order valence-electron chi connectivity index (χ0n) is 7.82. The fraction of sp³-hybridized carbons (Fsp3) is 0.400. The van der Waals surface area contributed by atoms with E-state index < -0.39 is 11.6 Å². The normalized spacial score (nSPS) is 10.2. The van der Waals surface area contributed by atoms with Crippen LogP contribution in [0.3, 0.4) is 0 Å². The molecule has 72 valence electrons. The molecule has 1 N–H and O–H groups in total. The van der Waals surface area contributed by atoms with Gasteiger partial charge in [0.25, 0.3) is 0 Å². The van der Waals surface area contributed by atoms with Crippen molar-refractivity contribution < 1.29 is 8.78 Å². The smallest absolute Gasteiger partial charge is 0.149 e. The molecule has 0 aliphatic heterocycles. The summed E-state index contributed by atoms with van der Waals surface area (Å²) in [5.74, 6) is -1.04. The summed E-state index contributed by atoms with van der Waals surface area (Å²) in [5, 5.41) is 2.71. The van der Waals surface area contributed by atoms with Gasteiger partial charge in [0.2, 0.25) is 0 Å². The van der Waals surface area contributed by atoms with E-state index in [0.29, 0.717) is 12.1 Å². The molecule has 1 rings (SSSR count). The van der Waals surface area contributed by atoms with Gasteiger partial charge in [-0.2, -0.15) is 0 Å². The third-order valence-electron chi connectivity index (χ3n) is 1.74. The Kier molecular flexibility index (Phi) is 3.23. The van der Waals surface area contributed by atoms with Crippen LogP contribution in [0.4, 0.5) is 14.5 Å². The van der Waals surface area contributed by atoms with Gasteiger partial charge in [0, 0.05) is 6.54 Å². The van der Waals surface area contributed by atoms with Gasteiger partial charge in [-0.05, 0) is 31.0 Å². The lowest BCUT2D eigenvalue weighted by Gasteiger charge is -2.07. The van der Waals surface area contributed by atoms with Crippen molar-refractivity contribution in [1.29, 1.82) is 0 Å². The zero-order valence-corrected chi connectivity index (χ0v) is 7.82. The van der Waals surface area contributed by atoms with Crippen molar-refractivity contribution in [3.8, 4) is 0 Å². The minimum atomic E-state index is -0.522. The highest BCUT2D eigenvalue weighted by Gasteiger charge is 2.08. The predicted octanol–water partition coefficient (Wildman–Crippen LogP) is 3.10. The number of rotatable bonds is 3. The van der Waals surface area contributed by atoms with Crippen LogP contribution in [0, 0.1) is 18.6 Å². The highest BCUT2D eigenvalue weighted by Crippen LogP contribution is 2.20. The lowest BCUT2D eigenvalue weighted by atomic mass is 10.2. The van der Waals surface area contributed by atoms with Gasteiger partial charge in [-0.1, -0.05) is 6.92 Å². The molecule has 1 aromatic rings. The summed E-state index contributed by atoms with van der Waals surface area (Å²) in [5.41, 5.74) is 0.574. The molecule has 0 heterocycles. The molecular formula is C10H13F2N. The lowest BCUT2D eigenvalue weighted by Crippen LogP contribution is -2.04. The minimum absolute atomic E-state index is 0.0209. The van der Waals surface area contributed by atoms with Crippen LogP contribution in [0.25, 0.3) is 0 Å². The van der Waals surface area contributed by atoms with E-state index in [0.717, 1.165) is 6.42 Å². The Morgan fingerprint density at radius 3 is 2.23 bits per heavy atom. The standard InChI is InChI=1S/C10H13F2N/c1-3-4-13-10-8(11)5-7(2)6-9(10)12/h5-6,13H,3-4H2,1-2H3. The summed E-state index contributed by atoms with van der Waals surface area (Å²) in [4.78, 5) is 0. The fourth-order valence-corrected chi connectivity index (χ4v) is 1.12. The van der Waals surface area contributed by atoms with Crippen LogP contribution in [0.1, 0.15) is 18.9 Å². The first-order valence-corrected chi connectivity index (χ1v) is 4.34. The molecule has 0 aromatic heterocycles.